The maximum atomic E-state index is 13.0. The molecule has 2 aromatic rings. The van der Waals surface area contributed by atoms with Crippen molar-refractivity contribution in [3.8, 4) is 5.75 Å². The van der Waals surface area contributed by atoms with Crippen LogP contribution in [0.2, 0.25) is 5.02 Å². The Bertz CT molecular complexity index is 1010. The fourth-order valence-electron chi connectivity index (χ4n) is 4.03. The molecule has 0 fully saturated rings. The van der Waals surface area contributed by atoms with E-state index < -0.39 is 6.10 Å². The van der Waals surface area contributed by atoms with Gasteiger partial charge in [0.1, 0.15) is 10.8 Å². The predicted molar refractivity (Wildman–Crippen MR) is 130 cm³/mol. The first-order valence-corrected chi connectivity index (χ1v) is 12.3. The summed E-state index contributed by atoms with van der Waals surface area (Å²) in [6.07, 6.45) is 1.99. The van der Waals surface area contributed by atoms with Crippen LogP contribution in [0.25, 0.3) is 0 Å². The van der Waals surface area contributed by atoms with E-state index in [0.717, 1.165) is 35.3 Å². The number of carbonyl (C=O) groups is 2. The first-order chi connectivity index (χ1) is 15.0. The second-order valence-corrected chi connectivity index (χ2v) is 10.9. The van der Waals surface area contributed by atoms with E-state index in [1.807, 2.05) is 6.92 Å². The monoisotopic (exact) mass is 477 g/mol. The minimum absolute atomic E-state index is 0.188. The summed E-state index contributed by atoms with van der Waals surface area (Å²) in [5.74, 6) is 0.441. The molecule has 1 aliphatic rings. The number of carbonyl (C=O) groups excluding carboxylic acids is 2. The van der Waals surface area contributed by atoms with Crippen LogP contribution < -0.4 is 10.1 Å². The maximum Gasteiger partial charge on any atom is 0.341 e. The molecule has 0 bridgehead atoms. The molecule has 32 heavy (non-hydrogen) atoms. The van der Waals surface area contributed by atoms with Crippen LogP contribution in [0.4, 0.5) is 5.00 Å². The zero-order valence-corrected chi connectivity index (χ0v) is 21.2. The average Bonchev–Trinajstić information content (AvgIpc) is 3.06. The number of benzene rings is 1. The van der Waals surface area contributed by atoms with Crippen molar-refractivity contribution >= 4 is 39.8 Å². The summed E-state index contributed by atoms with van der Waals surface area (Å²) in [7, 11) is 0. The Morgan fingerprint density at radius 2 is 2.03 bits per heavy atom. The number of amides is 1. The third-order valence-corrected chi connectivity index (χ3v) is 7.42. The molecule has 0 spiro atoms. The first-order valence-electron chi connectivity index (χ1n) is 11.1. The molecule has 5 nitrogen and oxygen atoms in total. The van der Waals surface area contributed by atoms with Gasteiger partial charge < -0.3 is 14.8 Å². The van der Waals surface area contributed by atoms with Crippen LogP contribution in [0.3, 0.4) is 0 Å². The van der Waals surface area contributed by atoms with Gasteiger partial charge in [-0.3, -0.25) is 4.79 Å². The number of halogens is 1. The number of esters is 1. The van der Waals surface area contributed by atoms with Gasteiger partial charge in [-0.05, 0) is 80.7 Å². The Balaban J connectivity index is 1.84. The minimum atomic E-state index is -0.744. The summed E-state index contributed by atoms with van der Waals surface area (Å²) in [4.78, 5) is 26.9. The number of hydrogen-bond donors (Lipinski definition) is 1. The van der Waals surface area contributed by atoms with Crippen LogP contribution in [0.15, 0.2) is 18.2 Å². The van der Waals surface area contributed by atoms with E-state index >= 15 is 0 Å². The number of ether oxygens (including phenoxy) is 2. The predicted octanol–water partition coefficient (Wildman–Crippen LogP) is 6.44. The molecule has 0 saturated carbocycles. The van der Waals surface area contributed by atoms with Gasteiger partial charge in [0.15, 0.2) is 6.10 Å². The SMILES string of the molecule is CCOC(=O)c1c(NC(=O)[C@H](C)Oc2ccc(Cl)cc2C)sc2c1CC[C@@H](C(C)(C)C)C2. The quantitative estimate of drug-likeness (QED) is 0.486. The maximum absolute atomic E-state index is 13.0. The average molecular weight is 478 g/mol. The zero-order valence-electron chi connectivity index (χ0n) is 19.6. The van der Waals surface area contributed by atoms with Crippen molar-refractivity contribution in [1.82, 2.24) is 0 Å². The van der Waals surface area contributed by atoms with Crippen LogP contribution in [-0.4, -0.2) is 24.6 Å². The van der Waals surface area contributed by atoms with Crippen molar-refractivity contribution in [2.24, 2.45) is 11.3 Å². The molecule has 1 aliphatic carbocycles. The summed E-state index contributed by atoms with van der Waals surface area (Å²) >= 11 is 7.49. The lowest BCUT2D eigenvalue weighted by molar-refractivity contribution is -0.122. The lowest BCUT2D eigenvalue weighted by Gasteiger charge is -2.33. The van der Waals surface area contributed by atoms with Crippen molar-refractivity contribution in [3.63, 3.8) is 0 Å². The van der Waals surface area contributed by atoms with Gasteiger partial charge >= 0.3 is 5.97 Å². The van der Waals surface area contributed by atoms with E-state index in [1.165, 1.54) is 11.3 Å². The van der Waals surface area contributed by atoms with Crippen molar-refractivity contribution in [2.45, 2.75) is 66.9 Å². The molecule has 1 aromatic carbocycles. The molecule has 1 aromatic heterocycles. The Kier molecular flexibility index (Phi) is 7.56. The highest BCUT2D eigenvalue weighted by molar-refractivity contribution is 7.17. The molecule has 3 rings (SSSR count). The van der Waals surface area contributed by atoms with Gasteiger partial charge in [0.05, 0.1) is 12.2 Å². The second-order valence-electron chi connectivity index (χ2n) is 9.39. The van der Waals surface area contributed by atoms with Crippen LogP contribution in [-0.2, 0) is 22.4 Å². The molecular formula is C25H32ClNO4S. The van der Waals surface area contributed by atoms with Crippen LogP contribution in [0, 0.1) is 18.3 Å². The topological polar surface area (TPSA) is 64.6 Å². The first kappa shape index (κ1) is 24.6. The van der Waals surface area contributed by atoms with Crippen molar-refractivity contribution in [1.29, 1.82) is 0 Å². The summed E-state index contributed by atoms with van der Waals surface area (Å²) in [5.41, 5.74) is 2.56. The Labute approximate surface area is 199 Å². The molecule has 7 heteroatoms. The van der Waals surface area contributed by atoms with Crippen molar-refractivity contribution in [3.05, 3.63) is 44.8 Å². The third kappa shape index (κ3) is 5.46. The summed E-state index contributed by atoms with van der Waals surface area (Å²) in [6.45, 7) is 12.4. The van der Waals surface area contributed by atoms with E-state index in [1.54, 1.807) is 32.0 Å². The van der Waals surface area contributed by atoms with Gasteiger partial charge in [0.2, 0.25) is 0 Å². The summed E-state index contributed by atoms with van der Waals surface area (Å²) < 4.78 is 11.2. The molecule has 2 atom stereocenters. The van der Waals surface area contributed by atoms with E-state index in [0.29, 0.717) is 27.3 Å². The number of hydrogen-bond acceptors (Lipinski definition) is 5. The Morgan fingerprint density at radius 3 is 2.66 bits per heavy atom. The van der Waals surface area contributed by atoms with Gasteiger partial charge in [-0.2, -0.15) is 0 Å². The number of thiophene rings is 1. The number of nitrogens with one attached hydrogen (secondary N) is 1. The molecule has 0 radical (unpaired) electrons. The fourth-order valence-corrected chi connectivity index (χ4v) is 5.58. The molecule has 0 aliphatic heterocycles. The highest BCUT2D eigenvalue weighted by Gasteiger charge is 2.34. The molecular weight excluding hydrogens is 446 g/mol. The standard InChI is InChI=1S/C25H32ClNO4S/c1-7-30-24(29)21-18-10-8-16(25(4,5)6)13-20(18)32-23(21)27-22(28)15(3)31-19-11-9-17(26)12-14(19)2/h9,11-12,15-16H,7-8,10,13H2,1-6H3,(H,27,28)/t15-,16+/m0/s1. The van der Waals surface area contributed by atoms with Gasteiger partial charge in [-0.25, -0.2) is 4.79 Å². The van der Waals surface area contributed by atoms with Gasteiger partial charge in [0, 0.05) is 9.90 Å². The largest absolute Gasteiger partial charge is 0.481 e. The summed E-state index contributed by atoms with van der Waals surface area (Å²) in [5, 5.41) is 4.11. The normalized spacial score (nSPS) is 16.8. The number of aryl methyl sites for hydroxylation is 1. The second kappa shape index (κ2) is 9.84. The van der Waals surface area contributed by atoms with Gasteiger partial charge in [0.25, 0.3) is 5.91 Å². The van der Waals surface area contributed by atoms with Crippen molar-refractivity contribution < 1.29 is 19.1 Å². The summed E-state index contributed by atoms with van der Waals surface area (Å²) in [6, 6.07) is 5.27. The molecule has 1 amide bonds. The number of rotatable bonds is 6. The highest BCUT2D eigenvalue weighted by atomic mass is 35.5. The lowest BCUT2D eigenvalue weighted by Crippen LogP contribution is -2.30. The van der Waals surface area contributed by atoms with Gasteiger partial charge in [-0.15, -0.1) is 11.3 Å². The number of fused-ring (bicyclic) bond motifs is 1. The van der Waals surface area contributed by atoms with E-state index in [2.05, 4.69) is 26.1 Å². The smallest absolute Gasteiger partial charge is 0.341 e. The number of anilines is 1. The highest BCUT2D eigenvalue weighted by Crippen LogP contribution is 2.44. The van der Waals surface area contributed by atoms with Crippen LogP contribution >= 0.6 is 22.9 Å². The van der Waals surface area contributed by atoms with Gasteiger partial charge in [-0.1, -0.05) is 32.4 Å². The van der Waals surface area contributed by atoms with E-state index in [-0.39, 0.29) is 23.9 Å². The third-order valence-electron chi connectivity index (χ3n) is 6.02. The van der Waals surface area contributed by atoms with Crippen LogP contribution in [0.5, 0.6) is 5.75 Å². The molecule has 174 valence electrons. The van der Waals surface area contributed by atoms with Crippen molar-refractivity contribution in [2.75, 3.05) is 11.9 Å². The fraction of sp³-hybridized carbons (Fsp3) is 0.520. The molecule has 0 unspecified atom stereocenters. The van der Waals surface area contributed by atoms with Crippen LogP contribution in [0.1, 0.15) is 67.4 Å². The molecule has 1 N–H and O–H groups in total. The Hall–Kier alpha value is -2.05. The molecule has 1 heterocycles. The zero-order chi connectivity index (χ0) is 23.6. The van der Waals surface area contributed by atoms with E-state index in [4.69, 9.17) is 21.1 Å². The van der Waals surface area contributed by atoms with E-state index in [9.17, 15) is 9.59 Å². The molecule has 0 saturated heterocycles. The minimum Gasteiger partial charge on any atom is -0.481 e. The Morgan fingerprint density at radius 1 is 1.31 bits per heavy atom. The lowest BCUT2D eigenvalue weighted by atomic mass is 9.72.